The van der Waals surface area contributed by atoms with Gasteiger partial charge in [-0.2, -0.15) is 5.10 Å². The van der Waals surface area contributed by atoms with Gasteiger partial charge in [-0.15, -0.1) is 0 Å². The minimum absolute atomic E-state index is 0.788. The summed E-state index contributed by atoms with van der Waals surface area (Å²) in [6, 6.07) is 10.2. The number of imidazole rings is 1. The van der Waals surface area contributed by atoms with Crippen LogP contribution >= 0.6 is 0 Å². The fourth-order valence-electron chi connectivity index (χ4n) is 2.97. The van der Waals surface area contributed by atoms with Gasteiger partial charge in [0.1, 0.15) is 5.82 Å². The van der Waals surface area contributed by atoms with Crippen LogP contribution in [0.1, 0.15) is 11.4 Å². The van der Waals surface area contributed by atoms with E-state index in [2.05, 4.69) is 39.1 Å². The van der Waals surface area contributed by atoms with E-state index in [9.17, 15) is 0 Å². The number of benzene rings is 1. The first-order valence-electron chi connectivity index (χ1n) is 8.23. The lowest BCUT2D eigenvalue weighted by molar-refractivity contribution is 0.306. The predicted octanol–water partition coefficient (Wildman–Crippen LogP) is 2.76. The topological polar surface area (TPSA) is 51.3 Å². The predicted molar refractivity (Wildman–Crippen MR) is 96.8 cm³/mol. The molecule has 0 bridgehead atoms. The lowest BCUT2D eigenvalue weighted by Gasteiger charge is -2.16. The number of fused-ring (bicyclic) bond motifs is 1. The Balaban J connectivity index is 1.55. The molecule has 0 aliphatic heterocycles. The maximum atomic E-state index is 4.64. The molecule has 0 fully saturated rings. The van der Waals surface area contributed by atoms with Crippen molar-refractivity contribution in [3.8, 4) is 11.1 Å². The van der Waals surface area contributed by atoms with E-state index in [0.29, 0.717) is 0 Å². The zero-order chi connectivity index (χ0) is 17.2. The zero-order valence-electron chi connectivity index (χ0n) is 14.4. The van der Waals surface area contributed by atoms with Crippen molar-refractivity contribution in [1.82, 2.24) is 29.0 Å². The summed E-state index contributed by atoms with van der Waals surface area (Å²) >= 11 is 0. The molecule has 3 heterocycles. The second-order valence-corrected chi connectivity index (χ2v) is 6.28. The van der Waals surface area contributed by atoms with Crippen LogP contribution in [-0.2, 0) is 20.1 Å². The van der Waals surface area contributed by atoms with Crippen LogP contribution in [0.3, 0.4) is 0 Å². The molecule has 0 amide bonds. The molecule has 0 spiro atoms. The van der Waals surface area contributed by atoms with E-state index in [1.165, 1.54) is 0 Å². The summed E-state index contributed by atoms with van der Waals surface area (Å²) in [5.74, 6) is 1.04. The van der Waals surface area contributed by atoms with Crippen molar-refractivity contribution in [2.45, 2.75) is 13.1 Å². The average molecular weight is 332 g/mol. The number of aryl methyl sites for hydroxylation is 1. The van der Waals surface area contributed by atoms with Crippen molar-refractivity contribution in [1.29, 1.82) is 0 Å². The molecule has 0 aliphatic rings. The molecule has 6 heteroatoms. The fraction of sp³-hybridized carbons (Fsp3) is 0.211. The first-order valence-corrected chi connectivity index (χ1v) is 8.23. The van der Waals surface area contributed by atoms with Gasteiger partial charge in [0.15, 0.2) is 5.65 Å². The Morgan fingerprint density at radius 2 is 1.88 bits per heavy atom. The van der Waals surface area contributed by atoms with E-state index >= 15 is 0 Å². The van der Waals surface area contributed by atoms with Gasteiger partial charge in [0, 0.05) is 49.5 Å². The van der Waals surface area contributed by atoms with Crippen molar-refractivity contribution in [3.63, 3.8) is 0 Å². The summed E-state index contributed by atoms with van der Waals surface area (Å²) in [6.45, 7) is 1.58. The normalized spacial score (nSPS) is 11.5. The van der Waals surface area contributed by atoms with Crippen molar-refractivity contribution >= 4 is 5.65 Å². The van der Waals surface area contributed by atoms with Crippen LogP contribution in [0.25, 0.3) is 16.8 Å². The molecule has 0 unspecified atom stereocenters. The van der Waals surface area contributed by atoms with E-state index in [1.807, 2.05) is 65.3 Å². The van der Waals surface area contributed by atoms with E-state index in [4.69, 9.17) is 0 Å². The van der Waals surface area contributed by atoms with E-state index in [1.54, 1.807) is 0 Å². The Labute approximate surface area is 146 Å². The highest BCUT2D eigenvalue weighted by molar-refractivity contribution is 5.76. The monoisotopic (exact) mass is 332 g/mol. The third-order valence-corrected chi connectivity index (χ3v) is 4.28. The van der Waals surface area contributed by atoms with Crippen LogP contribution in [-0.4, -0.2) is 36.1 Å². The van der Waals surface area contributed by atoms with Crippen LogP contribution in [0.15, 0.2) is 61.3 Å². The molecule has 6 nitrogen and oxygen atoms in total. The highest BCUT2D eigenvalue weighted by atomic mass is 15.2. The lowest BCUT2D eigenvalue weighted by Crippen LogP contribution is -2.20. The van der Waals surface area contributed by atoms with Gasteiger partial charge in [0.25, 0.3) is 0 Å². The van der Waals surface area contributed by atoms with Crippen LogP contribution in [0, 0.1) is 0 Å². The van der Waals surface area contributed by atoms with Crippen LogP contribution < -0.4 is 0 Å². The summed E-state index contributed by atoms with van der Waals surface area (Å²) in [4.78, 5) is 11.2. The Morgan fingerprint density at radius 3 is 2.64 bits per heavy atom. The van der Waals surface area contributed by atoms with Crippen LogP contribution in [0.4, 0.5) is 0 Å². The summed E-state index contributed by atoms with van der Waals surface area (Å²) in [7, 11) is 4.09. The number of rotatable bonds is 5. The minimum atomic E-state index is 0.788. The molecule has 3 aromatic heterocycles. The number of hydrogen-bond donors (Lipinski definition) is 0. The summed E-state index contributed by atoms with van der Waals surface area (Å²) in [6.07, 6.45) is 9.64. The van der Waals surface area contributed by atoms with E-state index in [0.717, 1.165) is 41.3 Å². The van der Waals surface area contributed by atoms with Crippen molar-refractivity contribution < 1.29 is 0 Å². The summed E-state index contributed by atoms with van der Waals surface area (Å²) in [5.41, 5.74) is 4.17. The van der Waals surface area contributed by atoms with Gasteiger partial charge in [-0.3, -0.25) is 4.90 Å². The van der Waals surface area contributed by atoms with E-state index in [-0.39, 0.29) is 0 Å². The Kier molecular flexibility index (Phi) is 4.03. The smallest absolute Gasteiger partial charge is 0.162 e. The molecular formula is C19H20N6. The van der Waals surface area contributed by atoms with Crippen LogP contribution in [0.2, 0.25) is 0 Å². The lowest BCUT2D eigenvalue weighted by atomic mass is 10.1. The van der Waals surface area contributed by atoms with Gasteiger partial charge < -0.3 is 4.57 Å². The Bertz CT molecular complexity index is 986. The number of aromatic nitrogens is 5. The SMILES string of the molecule is CN(Cc1cnc2c(-c3ccccc3)cnn2c1)Cc1nccn1C. The largest absolute Gasteiger partial charge is 0.337 e. The minimum Gasteiger partial charge on any atom is -0.337 e. The third-order valence-electron chi connectivity index (χ3n) is 4.28. The molecule has 0 N–H and O–H groups in total. The molecule has 0 aliphatic carbocycles. The van der Waals surface area contributed by atoms with Gasteiger partial charge in [-0.1, -0.05) is 30.3 Å². The maximum absolute atomic E-state index is 4.64. The van der Waals surface area contributed by atoms with Crippen LogP contribution in [0.5, 0.6) is 0 Å². The van der Waals surface area contributed by atoms with Gasteiger partial charge in [0.05, 0.1) is 12.7 Å². The maximum Gasteiger partial charge on any atom is 0.162 e. The average Bonchev–Trinajstić information content (AvgIpc) is 3.22. The molecule has 0 radical (unpaired) electrons. The molecule has 25 heavy (non-hydrogen) atoms. The molecule has 0 saturated heterocycles. The molecule has 0 atom stereocenters. The molecular weight excluding hydrogens is 312 g/mol. The molecule has 0 saturated carbocycles. The van der Waals surface area contributed by atoms with Crippen molar-refractivity contribution in [3.05, 3.63) is 72.7 Å². The summed E-state index contributed by atoms with van der Waals surface area (Å²) < 4.78 is 3.89. The fourth-order valence-corrected chi connectivity index (χ4v) is 2.97. The second kappa shape index (κ2) is 6.49. The number of hydrogen-bond acceptors (Lipinski definition) is 4. The first-order chi connectivity index (χ1) is 12.2. The van der Waals surface area contributed by atoms with E-state index < -0.39 is 0 Å². The molecule has 1 aromatic carbocycles. The Hall–Kier alpha value is -2.99. The van der Waals surface area contributed by atoms with Crippen molar-refractivity contribution in [2.75, 3.05) is 7.05 Å². The number of nitrogens with zero attached hydrogens (tertiary/aromatic N) is 6. The Morgan fingerprint density at radius 1 is 1.04 bits per heavy atom. The third kappa shape index (κ3) is 3.16. The van der Waals surface area contributed by atoms with Gasteiger partial charge in [0.2, 0.25) is 0 Å². The molecule has 126 valence electrons. The molecule has 4 aromatic rings. The molecule has 4 rings (SSSR count). The summed E-state index contributed by atoms with van der Waals surface area (Å²) in [5, 5.41) is 4.47. The quantitative estimate of drug-likeness (QED) is 0.564. The standard InChI is InChI=1S/C19H20N6/c1-23(14-18-20-8-9-24(18)2)12-15-10-21-19-17(11-22-25(19)13-15)16-6-4-3-5-7-16/h3-11,13H,12,14H2,1-2H3. The highest BCUT2D eigenvalue weighted by Gasteiger charge is 2.10. The second-order valence-electron chi connectivity index (χ2n) is 6.28. The zero-order valence-corrected chi connectivity index (χ0v) is 14.4. The first kappa shape index (κ1) is 15.5. The van der Waals surface area contributed by atoms with Gasteiger partial charge in [-0.25, -0.2) is 14.5 Å². The van der Waals surface area contributed by atoms with Gasteiger partial charge in [-0.05, 0) is 12.6 Å². The van der Waals surface area contributed by atoms with Gasteiger partial charge >= 0.3 is 0 Å². The highest BCUT2D eigenvalue weighted by Crippen LogP contribution is 2.22. The van der Waals surface area contributed by atoms with Crippen molar-refractivity contribution in [2.24, 2.45) is 7.05 Å².